The molecule has 1 heterocycles. The summed E-state index contributed by atoms with van der Waals surface area (Å²) in [5.74, 6) is 1.56. The molecule has 5 nitrogen and oxygen atoms in total. The van der Waals surface area contributed by atoms with Gasteiger partial charge in [-0.15, -0.1) is 0 Å². The maximum absolute atomic E-state index is 6.13. The first kappa shape index (κ1) is 15.1. The normalized spacial score (nSPS) is 15.7. The van der Waals surface area contributed by atoms with Crippen LogP contribution in [0.4, 0.5) is 0 Å². The fraction of sp³-hybridized carbons (Fsp3) is 0.600. The highest BCUT2D eigenvalue weighted by molar-refractivity contribution is 5.44. The predicted molar refractivity (Wildman–Crippen MR) is 76.3 cm³/mol. The Morgan fingerprint density at radius 1 is 1.20 bits per heavy atom. The Hall–Kier alpha value is -1.30. The lowest BCUT2D eigenvalue weighted by atomic mass is 10.1. The molecule has 2 rings (SSSR count). The van der Waals surface area contributed by atoms with Crippen LogP contribution in [0.3, 0.4) is 0 Å². The monoisotopic (exact) mass is 281 g/mol. The molecule has 1 unspecified atom stereocenters. The molecule has 0 aliphatic carbocycles. The Bertz CT molecular complexity index is 411. The number of benzene rings is 1. The first-order valence-corrected chi connectivity index (χ1v) is 7.03. The fourth-order valence-electron chi connectivity index (χ4n) is 2.02. The molecule has 0 spiro atoms. The van der Waals surface area contributed by atoms with Gasteiger partial charge in [-0.3, -0.25) is 0 Å². The number of nitrogens with two attached hydrogens (primary N) is 1. The zero-order chi connectivity index (χ0) is 14.2. The number of hydrogen-bond acceptors (Lipinski definition) is 5. The van der Waals surface area contributed by atoms with E-state index >= 15 is 0 Å². The van der Waals surface area contributed by atoms with E-state index in [1.807, 2.05) is 18.2 Å². The van der Waals surface area contributed by atoms with Crippen molar-refractivity contribution in [2.75, 3.05) is 40.1 Å². The number of fused-ring (bicyclic) bond motifs is 1. The zero-order valence-electron chi connectivity index (χ0n) is 12.0. The molecular formula is C15H23NO4. The molecule has 0 saturated carbocycles. The van der Waals surface area contributed by atoms with Crippen LogP contribution in [0.1, 0.15) is 24.4 Å². The number of methoxy groups -OCH3 is 1. The second kappa shape index (κ2) is 8.09. The second-order valence-electron chi connectivity index (χ2n) is 4.78. The first-order chi connectivity index (χ1) is 9.81. The molecule has 2 N–H and O–H groups in total. The summed E-state index contributed by atoms with van der Waals surface area (Å²) in [7, 11) is 1.68. The summed E-state index contributed by atoms with van der Waals surface area (Å²) < 4.78 is 21.8. The Labute approximate surface area is 120 Å². The molecule has 1 aliphatic heterocycles. The van der Waals surface area contributed by atoms with Crippen molar-refractivity contribution < 1.29 is 18.9 Å². The molecule has 1 atom stereocenters. The van der Waals surface area contributed by atoms with E-state index in [0.29, 0.717) is 33.0 Å². The number of hydrogen-bond donors (Lipinski definition) is 1. The molecule has 20 heavy (non-hydrogen) atoms. The van der Waals surface area contributed by atoms with Gasteiger partial charge < -0.3 is 24.7 Å². The zero-order valence-corrected chi connectivity index (χ0v) is 12.0. The van der Waals surface area contributed by atoms with Gasteiger partial charge in [-0.2, -0.15) is 0 Å². The van der Waals surface area contributed by atoms with Gasteiger partial charge in [0.2, 0.25) is 0 Å². The summed E-state index contributed by atoms with van der Waals surface area (Å²) in [4.78, 5) is 0. The molecule has 0 aromatic heterocycles. The quantitative estimate of drug-likeness (QED) is 0.773. The molecule has 0 saturated heterocycles. The van der Waals surface area contributed by atoms with Gasteiger partial charge in [0.05, 0.1) is 25.9 Å². The van der Waals surface area contributed by atoms with E-state index in [9.17, 15) is 0 Å². The Kier molecular flexibility index (Phi) is 6.11. The van der Waals surface area contributed by atoms with E-state index in [1.165, 1.54) is 0 Å². The summed E-state index contributed by atoms with van der Waals surface area (Å²) >= 11 is 0. The van der Waals surface area contributed by atoms with Crippen LogP contribution >= 0.6 is 0 Å². The Morgan fingerprint density at radius 2 is 2.00 bits per heavy atom. The van der Waals surface area contributed by atoms with Gasteiger partial charge in [0, 0.05) is 26.7 Å². The van der Waals surface area contributed by atoms with Gasteiger partial charge in [-0.25, -0.2) is 0 Å². The smallest absolute Gasteiger partial charge is 0.161 e. The number of rotatable bonds is 7. The molecule has 5 heteroatoms. The van der Waals surface area contributed by atoms with Gasteiger partial charge in [0.15, 0.2) is 11.5 Å². The maximum Gasteiger partial charge on any atom is 0.161 e. The summed E-state index contributed by atoms with van der Waals surface area (Å²) in [6.07, 6.45) is 1.78. The van der Waals surface area contributed by atoms with Gasteiger partial charge in [-0.1, -0.05) is 6.07 Å². The summed E-state index contributed by atoms with van der Waals surface area (Å²) in [5.41, 5.74) is 7.13. The van der Waals surface area contributed by atoms with E-state index < -0.39 is 0 Å². The van der Waals surface area contributed by atoms with Crippen molar-refractivity contribution in [1.29, 1.82) is 0 Å². The summed E-state index contributed by atoms with van der Waals surface area (Å²) in [6, 6.07) is 5.68. The van der Waals surface area contributed by atoms with Crippen LogP contribution in [-0.2, 0) is 9.47 Å². The lowest BCUT2D eigenvalue weighted by Crippen LogP contribution is -2.18. The van der Waals surface area contributed by atoms with Crippen LogP contribution in [0.2, 0.25) is 0 Å². The highest BCUT2D eigenvalue weighted by Gasteiger charge is 2.14. The molecule has 1 aliphatic rings. The van der Waals surface area contributed by atoms with E-state index in [-0.39, 0.29) is 6.04 Å². The van der Waals surface area contributed by atoms with Gasteiger partial charge in [0.1, 0.15) is 0 Å². The lowest BCUT2D eigenvalue weighted by Gasteiger charge is -2.15. The van der Waals surface area contributed by atoms with Crippen LogP contribution in [-0.4, -0.2) is 40.1 Å². The van der Waals surface area contributed by atoms with E-state index in [0.717, 1.165) is 29.9 Å². The Morgan fingerprint density at radius 3 is 2.80 bits per heavy atom. The van der Waals surface area contributed by atoms with Crippen molar-refractivity contribution in [3.05, 3.63) is 23.8 Å². The molecule has 0 amide bonds. The van der Waals surface area contributed by atoms with Crippen molar-refractivity contribution in [2.24, 2.45) is 5.73 Å². The third-order valence-electron chi connectivity index (χ3n) is 3.13. The predicted octanol–water partition coefficient (Wildman–Crippen LogP) is 1.90. The van der Waals surface area contributed by atoms with Gasteiger partial charge in [0.25, 0.3) is 0 Å². The lowest BCUT2D eigenvalue weighted by molar-refractivity contribution is 0.0940. The van der Waals surface area contributed by atoms with Crippen LogP contribution in [0, 0.1) is 0 Å². The van der Waals surface area contributed by atoms with Crippen molar-refractivity contribution >= 4 is 0 Å². The van der Waals surface area contributed by atoms with Crippen molar-refractivity contribution in [2.45, 2.75) is 18.9 Å². The summed E-state index contributed by atoms with van der Waals surface area (Å²) in [6.45, 7) is 3.23. The molecule has 112 valence electrons. The second-order valence-corrected chi connectivity index (χ2v) is 4.78. The number of ether oxygens (including phenoxy) is 4. The van der Waals surface area contributed by atoms with Crippen LogP contribution in [0.25, 0.3) is 0 Å². The fourth-order valence-corrected chi connectivity index (χ4v) is 2.02. The molecule has 0 fully saturated rings. The highest BCUT2D eigenvalue weighted by Crippen LogP contribution is 2.31. The van der Waals surface area contributed by atoms with Crippen molar-refractivity contribution in [3.8, 4) is 11.5 Å². The van der Waals surface area contributed by atoms with E-state index in [4.69, 9.17) is 24.7 Å². The average molecular weight is 281 g/mol. The largest absolute Gasteiger partial charge is 0.490 e. The minimum Gasteiger partial charge on any atom is -0.490 e. The van der Waals surface area contributed by atoms with Crippen LogP contribution < -0.4 is 15.2 Å². The molecule has 0 radical (unpaired) electrons. The maximum atomic E-state index is 6.13. The third-order valence-corrected chi connectivity index (χ3v) is 3.13. The molecule has 1 aromatic carbocycles. The SMILES string of the molecule is COCCCOCC(N)c1ccc2c(c1)OCCCO2. The van der Waals surface area contributed by atoms with Crippen molar-refractivity contribution in [1.82, 2.24) is 0 Å². The molecular weight excluding hydrogens is 258 g/mol. The standard InChI is InChI=1S/C15H23NO4/c1-17-6-2-7-18-11-13(16)12-4-5-14-15(10-12)20-9-3-8-19-14/h4-5,10,13H,2-3,6-9,11,16H2,1H3. The minimum atomic E-state index is -0.158. The van der Waals surface area contributed by atoms with Crippen LogP contribution in [0.5, 0.6) is 11.5 Å². The average Bonchev–Trinajstić information content (AvgIpc) is 2.71. The van der Waals surface area contributed by atoms with Crippen LogP contribution in [0.15, 0.2) is 18.2 Å². The Balaban J connectivity index is 1.86. The summed E-state index contributed by atoms with van der Waals surface area (Å²) in [5, 5.41) is 0. The first-order valence-electron chi connectivity index (χ1n) is 7.03. The highest BCUT2D eigenvalue weighted by atomic mass is 16.5. The van der Waals surface area contributed by atoms with E-state index in [1.54, 1.807) is 7.11 Å². The third kappa shape index (κ3) is 4.37. The van der Waals surface area contributed by atoms with Gasteiger partial charge >= 0.3 is 0 Å². The van der Waals surface area contributed by atoms with E-state index in [2.05, 4.69) is 0 Å². The van der Waals surface area contributed by atoms with Gasteiger partial charge in [-0.05, 0) is 24.1 Å². The topological polar surface area (TPSA) is 62.9 Å². The molecule has 0 bridgehead atoms. The minimum absolute atomic E-state index is 0.158. The van der Waals surface area contributed by atoms with Crippen molar-refractivity contribution in [3.63, 3.8) is 0 Å². The molecule has 1 aromatic rings.